The standard InChI is InChI=1S/C24H23FN4O3S/c1-14-15(2)26-24(27-23(14)31)33-13-22(30)29-21(17-4-8-18(25)9-5-17)12-20(28-29)16-6-10-19(32-3)11-7-16/h4-11,21H,12-13H2,1-3H3,(H,26,27,31)/t21-/m0/s1. The molecule has 0 aliphatic carbocycles. The number of aromatic nitrogens is 2. The molecule has 0 bridgehead atoms. The second-order valence-corrected chi connectivity index (χ2v) is 8.62. The number of aryl methyl sites for hydroxylation is 1. The maximum Gasteiger partial charge on any atom is 0.254 e. The maximum absolute atomic E-state index is 13.5. The molecule has 2 heterocycles. The van der Waals surface area contributed by atoms with Gasteiger partial charge < -0.3 is 9.72 Å². The van der Waals surface area contributed by atoms with Crippen LogP contribution in [0.2, 0.25) is 0 Å². The molecule has 1 amide bonds. The molecule has 2 aromatic carbocycles. The third-order valence-corrected chi connectivity index (χ3v) is 6.41. The van der Waals surface area contributed by atoms with Crippen molar-refractivity contribution in [2.45, 2.75) is 31.5 Å². The Labute approximate surface area is 194 Å². The Hall–Kier alpha value is -3.46. The molecule has 0 saturated carbocycles. The van der Waals surface area contributed by atoms with Gasteiger partial charge in [0.05, 0.1) is 24.6 Å². The number of hydrogen-bond acceptors (Lipinski definition) is 6. The van der Waals surface area contributed by atoms with Gasteiger partial charge in [0.2, 0.25) is 0 Å². The number of H-pyrrole nitrogens is 1. The molecule has 170 valence electrons. The Kier molecular flexibility index (Phi) is 6.60. The van der Waals surface area contributed by atoms with Gasteiger partial charge in [0, 0.05) is 17.7 Å². The third-order valence-electron chi connectivity index (χ3n) is 5.55. The van der Waals surface area contributed by atoms with Gasteiger partial charge in [0.25, 0.3) is 11.5 Å². The zero-order valence-corrected chi connectivity index (χ0v) is 19.3. The summed E-state index contributed by atoms with van der Waals surface area (Å²) >= 11 is 1.15. The molecule has 7 nitrogen and oxygen atoms in total. The summed E-state index contributed by atoms with van der Waals surface area (Å²) in [6.07, 6.45) is 0.493. The van der Waals surface area contributed by atoms with E-state index in [-0.39, 0.29) is 29.1 Å². The number of nitrogens with zero attached hydrogens (tertiary/aromatic N) is 3. The van der Waals surface area contributed by atoms with Gasteiger partial charge in [-0.25, -0.2) is 14.4 Å². The van der Waals surface area contributed by atoms with E-state index < -0.39 is 0 Å². The first-order chi connectivity index (χ1) is 15.9. The fourth-order valence-electron chi connectivity index (χ4n) is 3.53. The van der Waals surface area contributed by atoms with Crippen LogP contribution in [0.15, 0.2) is 63.6 Å². The minimum absolute atomic E-state index is 0.0442. The molecular weight excluding hydrogens is 443 g/mol. The van der Waals surface area contributed by atoms with E-state index in [0.29, 0.717) is 22.8 Å². The molecule has 33 heavy (non-hydrogen) atoms. The molecule has 1 aromatic heterocycles. The van der Waals surface area contributed by atoms with Gasteiger partial charge in [0.15, 0.2) is 5.16 Å². The number of methoxy groups -OCH3 is 1. The number of hydrazone groups is 1. The SMILES string of the molecule is COc1ccc(C2=NN(C(=O)CSc3nc(C)c(C)c(=O)[nH]3)[C@H](c3ccc(F)cc3)C2)cc1. The largest absolute Gasteiger partial charge is 0.497 e. The number of benzene rings is 2. The molecular formula is C24H23FN4O3S. The number of nitrogens with one attached hydrogen (secondary N) is 1. The summed E-state index contributed by atoms with van der Waals surface area (Å²) in [5, 5.41) is 6.44. The van der Waals surface area contributed by atoms with Gasteiger partial charge in [0.1, 0.15) is 11.6 Å². The highest BCUT2D eigenvalue weighted by Gasteiger charge is 2.33. The highest BCUT2D eigenvalue weighted by Crippen LogP contribution is 2.34. The zero-order chi connectivity index (χ0) is 23.5. The Bertz CT molecular complexity index is 1260. The summed E-state index contributed by atoms with van der Waals surface area (Å²) in [6, 6.07) is 13.2. The third kappa shape index (κ3) is 4.98. The van der Waals surface area contributed by atoms with Crippen LogP contribution >= 0.6 is 11.8 Å². The number of thioether (sulfide) groups is 1. The minimum Gasteiger partial charge on any atom is -0.497 e. The smallest absolute Gasteiger partial charge is 0.254 e. The predicted molar refractivity (Wildman–Crippen MR) is 125 cm³/mol. The van der Waals surface area contributed by atoms with Crippen molar-refractivity contribution in [1.29, 1.82) is 0 Å². The van der Waals surface area contributed by atoms with Crippen molar-refractivity contribution in [3.05, 3.63) is 87.1 Å². The number of carbonyl (C=O) groups excluding carboxylic acids is 1. The number of amides is 1. The molecule has 0 spiro atoms. The Morgan fingerprint density at radius 3 is 2.52 bits per heavy atom. The lowest BCUT2D eigenvalue weighted by atomic mass is 9.98. The van der Waals surface area contributed by atoms with E-state index in [1.54, 1.807) is 33.1 Å². The van der Waals surface area contributed by atoms with Crippen molar-refractivity contribution < 1.29 is 13.9 Å². The molecule has 1 aliphatic heterocycles. The molecule has 1 atom stereocenters. The van der Waals surface area contributed by atoms with Gasteiger partial charge in [-0.1, -0.05) is 23.9 Å². The van der Waals surface area contributed by atoms with Gasteiger partial charge >= 0.3 is 0 Å². The zero-order valence-electron chi connectivity index (χ0n) is 18.5. The molecule has 0 radical (unpaired) electrons. The minimum atomic E-state index is -0.359. The summed E-state index contributed by atoms with van der Waals surface area (Å²) < 4.78 is 18.7. The second-order valence-electron chi connectivity index (χ2n) is 7.66. The monoisotopic (exact) mass is 466 g/mol. The van der Waals surface area contributed by atoms with Crippen LogP contribution in [0.1, 0.15) is 34.8 Å². The average molecular weight is 467 g/mol. The van der Waals surface area contributed by atoms with Crippen LogP contribution in [0.4, 0.5) is 4.39 Å². The van der Waals surface area contributed by atoms with Crippen molar-refractivity contribution in [2.75, 3.05) is 12.9 Å². The van der Waals surface area contributed by atoms with E-state index in [1.165, 1.54) is 17.1 Å². The van der Waals surface area contributed by atoms with Crippen LogP contribution in [0.3, 0.4) is 0 Å². The molecule has 9 heteroatoms. The van der Waals surface area contributed by atoms with Crippen LogP contribution in [0.25, 0.3) is 0 Å². The maximum atomic E-state index is 13.5. The number of aromatic amines is 1. The van der Waals surface area contributed by atoms with Crippen molar-refractivity contribution in [3.63, 3.8) is 0 Å². The van der Waals surface area contributed by atoms with Gasteiger partial charge in [-0.2, -0.15) is 5.10 Å². The first-order valence-corrected chi connectivity index (χ1v) is 11.3. The van der Waals surface area contributed by atoms with Crippen LogP contribution < -0.4 is 10.3 Å². The van der Waals surface area contributed by atoms with Crippen molar-refractivity contribution in [3.8, 4) is 5.75 Å². The van der Waals surface area contributed by atoms with Gasteiger partial charge in [-0.3, -0.25) is 9.59 Å². The first kappa shape index (κ1) is 22.7. The molecule has 1 aliphatic rings. The normalized spacial score (nSPS) is 15.5. The van der Waals surface area contributed by atoms with E-state index in [0.717, 1.165) is 34.3 Å². The van der Waals surface area contributed by atoms with Gasteiger partial charge in [-0.05, 0) is 61.4 Å². The number of halogens is 1. The number of carbonyl (C=O) groups is 1. The molecule has 0 unspecified atom stereocenters. The lowest BCUT2D eigenvalue weighted by Gasteiger charge is -2.22. The fraction of sp³-hybridized carbons (Fsp3) is 0.250. The van der Waals surface area contributed by atoms with Crippen LogP contribution in [-0.4, -0.2) is 39.5 Å². The van der Waals surface area contributed by atoms with E-state index >= 15 is 0 Å². The van der Waals surface area contributed by atoms with Gasteiger partial charge in [-0.15, -0.1) is 0 Å². The quantitative estimate of drug-likeness (QED) is 0.438. The molecule has 0 saturated heterocycles. The van der Waals surface area contributed by atoms with Crippen LogP contribution in [0, 0.1) is 19.7 Å². The Balaban J connectivity index is 1.59. The Morgan fingerprint density at radius 1 is 1.18 bits per heavy atom. The molecule has 3 aromatic rings. The molecule has 4 rings (SSSR count). The predicted octanol–water partition coefficient (Wildman–Crippen LogP) is 4.00. The molecule has 0 fully saturated rings. The number of ether oxygens (including phenoxy) is 1. The number of hydrogen-bond donors (Lipinski definition) is 1. The van der Waals surface area contributed by atoms with Crippen molar-refractivity contribution >= 4 is 23.4 Å². The highest BCUT2D eigenvalue weighted by atomic mass is 32.2. The highest BCUT2D eigenvalue weighted by molar-refractivity contribution is 7.99. The van der Waals surface area contributed by atoms with E-state index in [1.807, 2.05) is 24.3 Å². The lowest BCUT2D eigenvalue weighted by Crippen LogP contribution is -2.28. The van der Waals surface area contributed by atoms with Crippen LogP contribution in [0.5, 0.6) is 5.75 Å². The fourth-order valence-corrected chi connectivity index (χ4v) is 4.29. The number of rotatable bonds is 6. The summed E-state index contributed by atoms with van der Waals surface area (Å²) in [5.74, 6) is 0.194. The first-order valence-electron chi connectivity index (χ1n) is 10.4. The second kappa shape index (κ2) is 9.58. The lowest BCUT2D eigenvalue weighted by molar-refractivity contribution is -0.130. The topological polar surface area (TPSA) is 87.7 Å². The summed E-state index contributed by atoms with van der Waals surface area (Å²) in [4.78, 5) is 32.2. The average Bonchev–Trinajstić information content (AvgIpc) is 3.27. The summed E-state index contributed by atoms with van der Waals surface area (Å²) in [6.45, 7) is 3.46. The molecule has 1 N–H and O–H groups in total. The van der Waals surface area contributed by atoms with E-state index in [9.17, 15) is 14.0 Å². The summed E-state index contributed by atoms with van der Waals surface area (Å²) in [7, 11) is 1.60. The van der Waals surface area contributed by atoms with Crippen LogP contribution in [-0.2, 0) is 4.79 Å². The van der Waals surface area contributed by atoms with Crippen molar-refractivity contribution in [2.24, 2.45) is 5.10 Å². The Morgan fingerprint density at radius 2 is 1.88 bits per heavy atom. The summed E-state index contributed by atoms with van der Waals surface area (Å²) in [5.41, 5.74) is 3.38. The van der Waals surface area contributed by atoms with Crippen molar-refractivity contribution in [1.82, 2.24) is 15.0 Å². The van der Waals surface area contributed by atoms with E-state index in [2.05, 4.69) is 15.1 Å². The van der Waals surface area contributed by atoms with E-state index in [4.69, 9.17) is 4.74 Å².